The molecular weight excluding hydrogens is 310 g/mol. The van der Waals surface area contributed by atoms with Crippen molar-refractivity contribution in [2.24, 2.45) is 0 Å². The molecule has 2 aromatic rings. The Labute approximate surface area is 142 Å². The van der Waals surface area contributed by atoms with Gasteiger partial charge in [0.15, 0.2) is 0 Å². The Morgan fingerprint density at radius 2 is 1.87 bits per heavy atom. The Hall–Kier alpha value is -2.00. The maximum absolute atomic E-state index is 12.3. The van der Waals surface area contributed by atoms with E-state index < -0.39 is 5.38 Å². The van der Waals surface area contributed by atoms with Crippen LogP contribution in [0.15, 0.2) is 48.5 Å². The highest BCUT2D eigenvalue weighted by atomic mass is 35.5. The molecule has 1 amide bonds. The Morgan fingerprint density at radius 3 is 2.52 bits per heavy atom. The van der Waals surface area contributed by atoms with Gasteiger partial charge in [0.05, 0.1) is 6.54 Å². The minimum absolute atomic E-state index is 0.123. The van der Waals surface area contributed by atoms with Crippen molar-refractivity contribution < 1.29 is 9.53 Å². The molecule has 0 fully saturated rings. The van der Waals surface area contributed by atoms with E-state index in [0.29, 0.717) is 13.2 Å². The summed E-state index contributed by atoms with van der Waals surface area (Å²) in [6.07, 6.45) is 0. The molecule has 0 aromatic heterocycles. The van der Waals surface area contributed by atoms with Crippen molar-refractivity contribution in [3.63, 3.8) is 0 Å². The molecule has 0 N–H and O–H groups in total. The number of likely N-dealkylation sites (N-methyl/N-ethyl adjacent to an activating group) is 1. The zero-order chi connectivity index (χ0) is 16.8. The van der Waals surface area contributed by atoms with Crippen LogP contribution in [-0.2, 0) is 4.79 Å². The second-order valence-electron chi connectivity index (χ2n) is 5.65. The lowest BCUT2D eigenvalue weighted by Gasteiger charge is -2.21. The van der Waals surface area contributed by atoms with Crippen molar-refractivity contribution in [1.82, 2.24) is 4.90 Å². The van der Waals surface area contributed by atoms with Gasteiger partial charge in [-0.1, -0.05) is 48.0 Å². The van der Waals surface area contributed by atoms with Crippen LogP contribution in [0.1, 0.15) is 22.1 Å². The molecule has 0 saturated heterocycles. The molecule has 1 atom stereocenters. The van der Waals surface area contributed by atoms with E-state index in [0.717, 1.165) is 16.9 Å². The Balaban J connectivity index is 1.86. The SMILES string of the molecule is Cc1ccc(OCCN(C)C(=O)C(Cl)c2ccccc2)c(C)c1. The van der Waals surface area contributed by atoms with E-state index in [1.165, 1.54) is 5.56 Å². The first-order chi connectivity index (χ1) is 11.0. The molecule has 2 rings (SSSR count). The van der Waals surface area contributed by atoms with Crippen molar-refractivity contribution >= 4 is 17.5 Å². The van der Waals surface area contributed by atoms with Crippen LogP contribution >= 0.6 is 11.6 Å². The number of rotatable bonds is 6. The largest absolute Gasteiger partial charge is 0.491 e. The molecule has 0 aliphatic carbocycles. The standard InChI is InChI=1S/C19H22ClNO2/c1-14-9-10-17(15(2)13-14)23-12-11-21(3)19(22)18(20)16-7-5-4-6-8-16/h4-10,13,18H,11-12H2,1-3H3. The summed E-state index contributed by atoms with van der Waals surface area (Å²) in [6.45, 7) is 4.99. The van der Waals surface area contributed by atoms with E-state index in [9.17, 15) is 4.79 Å². The Morgan fingerprint density at radius 1 is 1.17 bits per heavy atom. The second-order valence-corrected chi connectivity index (χ2v) is 6.09. The van der Waals surface area contributed by atoms with Crippen LogP contribution in [0.4, 0.5) is 0 Å². The lowest BCUT2D eigenvalue weighted by Crippen LogP contribution is -2.33. The average Bonchev–Trinajstić information content (AvgIpc) is 2.56. The van der Waals surface area contributed by atoms with Crippen molar-refractivity contribution in [3.8, 4) is 5.75 Å². The molecule has 4 heteroatoms. The smallest absolute Gasteiger partial charge is 0.245 e. The summed E-state index contributed by atoms with van der Waals surface area (Å²) in [5, 5.41) is -0.665. The van der Waals surface area contributed by atoms with E-state index in [2.05, 4.69) is 6.07 Å². The molecule has 122 valence electrons. The van der Waals surface area contributed by atoms with Gasteiger partial charge in [-0.2, -0.15) is 0 Å². The summed E-state index contributed by atoms with van der Waals surface area (Å²) in [5.41, 5.74) is 3.11. The number of aryl methyl sites for hydroxylation is 2. The summed E-state index contributed by atoms with van der Waals surface area (Å²) in [6, 6.07) is 15.4. The third-order valence-corrected chi connectivity index (χ3v) is 4.14. The molecule has 23 heavy (non-hydrogen) atoms. The van der Waals surface area contributed by atoms with Crippen molar-refractivity contribution in [3.05, 3.63) is 65.2 Å². The molecule has 1 unspecified atom stereocenters. The molecule has 0 aliphatic rings. The molecule has 0 saturated carbocycles. The van der Waals surface area contributed by atoms with Gasteiger partial charge in [-0.15, -0.1) is 11.6 Å². The second kappa shape index (κ2) is 8.02. The number of ether oxygens (including phenoxy) is 1. The predicted octanol–water partition coefficient (Wildman–Crippen LogP) is 4.12. The van der Waals surface area contributed by atoms with Gasteiger partial charge in [0, 0.05) is 7.05 Å². The number of benzene rings is 2. The fraction of sp³-hybridized carbons (Fsp3) is 0.316. The molecule has 0 spiro atoms. The summed E-state index contributed by atoms with van der Waals surface area (Å²) >= 11 is 6.26. The van der Waals surface area contributed by atoms with Crippen molar-refractivity contribution in [2.45, 2.75) is 19.2 Å². The highest BCUT2D eigenvalue weighted by Crippen LogP contribution is 2.22. The molecule has 0 aliphatic heterocycles. The molecule has 0 bridgehead atoms. The highest BCUT2D eigenvalue weighted by molar-refractivity contribution is 6.30. The summed E-state index contributed by atoms with van der Waals surface area (Å²) in [5.74, 6) is 0.726. The average molecular weight is 332 g/mol. The monoisotopic (exact) mass is 331 g/mol. The van der Waals surface area contributed by atoms with Crippen LogP contribution in [0, 0.1) is 13.8 Å². The van der Waals surface area contributed by atoms with Crippen LogP contribution < -0.4 is 4.74 Å². The summed E-state index contributed by atoms with van der Waals surface area (Å²) in [4.78, 5) is 13.9. The van der Waals surface area contributed by atoms with Gasteiger partial charge in [0.25, 0.3) is 0 Å². The van der Waals surface area contributed by atoms with E-state index in [-0.39, 0.29) is 5.91 Å². The summed E-state index contributed by atoms with van der Waals surface area (Å²) < 4.78 is 5.76. The Kier molecular flexibility index (Phi) is 6.05. The third-order valence-electron chi connectivity index (χ3n) is 3.70. The molecule has 0 radical (unpaired) electrons. The van der Waals surface area contributed by atoms with E-state index in [1.54, 1.807) is 11.9 Å². The normalized spacial score (nSPS) is 11.8. The maximum atomic E-state index is 12.3. The molecular formula is C19H22ClNO2. The van der Waals surface area contributed by atoms with Crippen LogP contribution in [0.25, 0.3) is 0 Å². The lowest BCUT2D eigenvalue weighted by molar-refractivity contribution is -0.129. The fourth-order valence-electron chi connectivity index (χ4n) is 2.32. The zero-order valence-corrected chi connectivity index (χ0v) is 14.5. The van der Waals surface area contributed by atoms with Crippen LogP contribution in [-0.4, -0.2) is 31.0 Å². The predicted molar refractivity (Wildman–Crippen MR) is 94.1 cm³/mol. The number of carbonyl (C=O) groups is 1. The maximum Gasteiger partial charge on any atom is 0.245 e. The van der Waals surface area contributed by atoms with Crippen LogP contribution in [0.5, 0.6) is 5.75 Å². The van der Waals surface area contributed by atoms with E-state index >= 15 is 0 Å². The first-order valence-electron chi connectivity index (χ1n) is 7.63. The first-order valence-corrected chi connectivity index (χ1v) is 8.06. The number of alkyl halides is 1. The first kappa shape index (κ1) is 17.4. The van der Waals surface area contributed by atoms with Gasteiger partial charge in [-0.25, -0.2) is 0 Å². The van der Waals surface area contributed by atoms with Gasteiger partial charge < -0.3 is 9.64 Å². The van der Waals surface area contributed by atoms with Gasteiger partial charge in [-0.3, -0.25) is 4.79 Å². The molecule has 3 nitrogen and oxygen atoms in total. The number of amides is 1. The summed E-state index contributed by atoms with van der Waals surface area (Å²) in [7, 11) is 1.74. The molecule has 2 aromatic carbocycles. The van der Waals surface area contributed by atoms with E-state index in [1.807, 2.05) is 56.3 Å². The number of halogens is 1. The minimum atomic E-state index is -0.665. The van der Waals surface area contributed by atoms with Crippen molar-refractivity contribution in [1.29, 1.82) is 0 Å². The number of hydrogen-bond donors (Lipinski definition) is 0. The number of carbonyl (C=O) groups excluding carboxylic acids is 1. The van der Waals surface area contributed by atoms with Crippen LogP contribution in [0.3, 0.4) is 0 Å². The van der Waals surface area contributed by atoms with Crippen molar-refractivity contribution in [2.75, 3.05) is 20.2 Å². The zero-order valence-electron chi connectivity index (χ0n) is 13.8. The van der Waals surface area contributed by atoms with Gasteiger partial charge in [0.2, 0.25) is 5.91 Å². The number of hydrogen-bond acceptors (Lipinski definition) is 2. The minimum Gasteiger partial charge on any atom is -0.491 e. The number of nitrogens with zero attached hydrogens (tertiary/aromatic N) is 1. The van der Waals surface area contributed by atoms with Crippen LogP contribution in [0.2, 0.25) is 0 Å². The Bertz CT molecular complexity index is 658. The van der Waals surface area contributed by atoms with Gasteiger partial charge >= 0.3 is 0 Å². The fourth-order valence-corrected chi connectivity index (χ4v) is 2.63. The third kappa shape index (κ3) is 4.73. The van der Waals surface area contributed by atoms with Gasteiger partial charge in [0.1, 0.15) is 17.7 Å². The van der Waals surface area contributed by atoms with E-state index in [4.69, 9.17) is 16.3 Å². The lowest BCUT2D eigenvalue weighted by atomic mass is 10.1. The highest BCUT2D eigenvalue weighted by Gasteiger charge is 2.21. The van der Waals surface area contributed by atoms with Gasteiger partial charge in [-0.05, 0) is 31.0 Å². The topological polar surface area (TPSA) is 29.5 Å². The quantitative estimate of drug-likeness (QED) is 0.745. The molecule has 0 heterocycles.